The first-order chi connectivity index (χ1) is 9.24. The van der Waals surface area contributed by atoms with E-state index in [2.05, 4.69) is 5.32 Å². The average molecular weight is 279 g/mol. The molecule has 5 heteroatoms. The number of hydrogen-bond donors (Lipinski definition) is 2. The lowest BCUT2D eigenvalue weighted by molar-refractivity contribution is 0.0505. The number of carbonyl (C=O) groups is 1. The molecule has 3 N–H and O–H groups in total. The lowest BCUT2D eigenvalue weighted by Gasteiger charge is -2.26. The molecule has 0 aliphatic carbocycles. The van der Waals surface area contributed by atoms with Crippen molar-refractivity contribution in [2.45, 2.75) is 32.4 Å². The number of nitrogens with two attached hydrogens (primary N) is 1. The lowest BCUT2D eigenvalue weighted by Crippen LogP contribution is -2.38. The summed E-state index contributed by atoms with van der Waals surface area (Å²) in [5.41, 5.74) is 7.28. The van der Waals surface area contributed by atoms with Crippen molar-refractivity contribution in [1.82, 2.24) is 5.32 Å². The second-order valence-electron chi connectivity index (χ2n) is 5.89. The molecule has 0 saturated carbocycles. The molecule has 0 radical (unpaired) electrons. The monoisotopic (exact) mass is 279 g/mol. The van der Waals surface area contributed by atoms with Crippen molar-refractivity contribution in [3.63, 3.8) is 0 Å². The van der Waals surface area contributed by atoms with Crippen LogP contribution in [0.1, 0.15) is 32.4 Å². The third kappa shape index (κ3) is 4.74. The van der Waals surface area contributed by atoms with Crippen molar-refractivity contribution >= 4 is 11.8 Å². The Bertz CT molecular complexity index is 453. The van der Waals surface area contributed by atoms with Gasteiger partial charge in [0.05, 0.1) is 6.04 Å². The lowest BCUT2D eigenvalue weighted by atomic mass is 10.0. The van der Waals surface area contributed by atoms with E-state index in [1.807, 2.05) is 64.0 Å². The number of hydrogen-bond acceptors (Lipinski definition) is 4. The van der Waals surface area contributed by atoms with Crippen molar-refractivity contribution in [2.75, 3.05) is 25.5 Å². The summed E-state index contributed by atoms with van der Waals surface area (Å²) in [7, 11) is 3.92. The molecule has 20 heavy (non-hydrogen) atoms. The minimum Gasteiger partial charge on any atom is -0.444 e. The van der Waals surface area contributed by atoms with Crippen LogP contribution in [0.2, 0.25) is 0 Å². The Kier molecular flexibility index (Phi) is 5.39. The maximum absolute atomic E-state index is 11.9. The zero-order valence-electron chi connectivity index (χ0n) is 12.9. The first-order valence-electron chi connectivity index (χ1n) is 6.70. The van der Waals surface area contributed by atoms with Crippen molar-refractivity contribution in [2.24, 2.45) is 5.73 Å². The van der Waals surface area contributed by atoms with Gasteiger partial charge < -0.3 is 20.7 Å². The van der Waals surface area contributed by atoms with Crippen LogP contribution in [0.5, 0.6) is 0 Å². The molecule has 5 nitrogen and oxygen atoms in total. The van der Waals surface area contributed by atoms with Crippen LogP contribution in [0.15, 0.2) is 24.3 Å². The second-order valence-corrected chi connectivity index (χ2v) is 5.89. The van der Waals surface area contributed by atoms with E-state index >= 15 is 0 Å². The van der Waals surface area contributed by atoms with Gasteiger partial charge in [0, 0.05) is 26.3 Å². The number of carbonyl (C=O) groups excluding carboxylic acids is 1. The summed E-state index contributed by atoms with van der Waals surface area (Å²) in [4.78, 5) is 13.9. The van der Waals surface area contributed by atoms with Gasteiger partial charge in [0.2, 0.25) is 0 Å². The first kappa shape index (κ1) is 16.3. The number of para-hydroxylation sites is 1. The summed E-state index contributed by atoms with van der Waals surface area (Å²) in [6.45, 7) is 5.80. The number of amides is 1. The standard InChI is InChI=1S/C15H25N3O2/c1-15(2,3)20-14(19)17-12(10-16)11-8-6-7-9-13(11)18(4)5/h6-9,12H,10,16H2,1-5H3,(H,17,19). The van der Waals surface area contributed by atoms with Gasteiger partial charge in [-0.2, -0.15) is 0 Å². The first-order valence-corrected chi connectivity index (χ1v) is 6.70. The van der Waals surface area contributed by atoms with Gasteiger partial charge in [-0.25, -0.2) is 4.79 Å². The highest BCUT2D eigenvalue weighted by Crippen LogP contribution is 2.24. The Balaban J connectivity index is 2.89. The number of nitrogens with one attached hydrogen (secondary N) is 1. The second kappa shape index (κ2) is 6.61. The van der Waals surface area contributed by atoms with Crippen molar-refractivity contribution in [3.8, 4) is 0 Å². The highest BCUT2D eigenvalue weighted by atomic mass is 16.6. The van der Waals surface area contributed by atoms with E-state index in [-0.39, 0.29) is 6.04 Å². The Hall–Kier alpha value is -1.75. The Morgan fingerprint density at radius 1 is 1.35 bits per heavy atom. The summed E-state index contributed by atoms with van der Waals surface area (Å²) >= 11 is 0. The van der Waals surface area contributed by atoms with Gasteiger partial charge in [-0.15, -0.1) is 0 Å². The fourth-order valence-electron chi connectivity index (χ4n) is 1.90. The van der Waals surface area contributed by atoms with Gasteiger partial charge in [-0.3, -0.25) is 0 Å². The predicted octanol–water partition coefficient (Wildman–Crippen LogP) is 2.28. The van der Waals surface area contributed by atoms with Crippen molar-refractivity contribution in [1.29, 1.82) is 0 Å². The zero-order chi connectivity index (χ0) is 15.3. The summed E-state index contributed by atoms with van der Waals surface area (Å²) in [5.74, 6) is 0. The minimum atomic E-state index is -0.524. The fourth-order valence-corrected chi connectivity index (χ4v) is 1.90. The molecule has 0 bridgehead atoms. The van der Waals surface area contributed by atoms with E-state index in [0.717, 1.165) is 11.3 Å². The molecule has 0 fully saturated rings. The van der Waals surface area contributed by atoms with E-state index < -0.39 is 11.7 Å². The molecule has 1 aromatic rings. The average Bonchev–Trinajstić information content (AvgIpc) is 2.33. The van der Waals surface area contributed by atoms with Crippen LogP contribution in [0, 0.1) is 0 Å². The van der Waals surface area contributed by atoms with Crippen LogP contribution >= 0.6 is 0 Å². The van der Waals surface area contributed by atoms with Gasteiger partial charge >= 0.3 is 6.09 Å². The summed E-state index contributed by atoms with van der Waals surface area (Å²) in [5, 5.41) is 2.82. The Morgan fingerprint density at radius 3 is 2.45 bits per heavy atom. The minimum absolute atomic E-state index is 0.275. The third-order valence-corrected chi connectivity index (χ3v) is 2.72. The molecule has 0 saturated heterocycles. The molecule has 0 aliphatic heterocycles. The molecule has 0 spiro atoms. The van der Waals surface area contributed by atoms with Gasteiger partial charge in [0.1, 0.15) is 5.60 Å². The number of nitrogens with zero attached hydrogens (tertiary/aromatic N) is 1. The molecule has 1 aromatic carbocycles. The quantitative estimate of drug-likeness (QED) is 0.887. The molecular weight excluding hydrogens is 254 g/mol. The molecule has 0 aliphatic rings. The maximum Gasteiger partial charge on any atom is 0.408 e. The zero-order valence-corrected chi connectivity index (χ0v) is 12.9. The SMILES string of the molecule is CN(C)c1ccccc1C(CN)NC(=O)OC(C)(C)C. The van der Waals surface area contributed by atoms with E-state index in [9.17, 15) is 4.79 Å². The van der Waals surface area contributed by atoms with Crippen LogP contribution in [0.4, 0.5) is 10.5 Å². The third-order valence-electron chi connectivity index (χ3n) is 2.72. The van der Waals surface area contributed by atoms with Crippen molar-refractivity contribution in [3.05, 3.63) is 29.8 Å². The van der Waals surface area contributed by atoms with Crippen molar-refractivity contribution < 1.29 is 9.53 Å². The number of anilines is 1. The molecule has 0 aromatic heterocycles. The van der Waals surface area contributed by atoms with E-state index in [4.69, 9.17) is 10.5 Å². The van der Waals surface area contributed by atoms with Crippen LogP contribution in [0.3, 0.4) is 0 Å². The molecule has 1 unspecified atom stereocenters. The Labute approximate surface area is 121 Å². The smallest absolute Gasteiger partial charge is 0.408 e. The molecule has 1 rings (SSSR count). The fraction of sp³-hybridized carbons (Fsp3) is 0.533. The summed E-state index contributed by atoms with van der Waals surface area (Å²) < 4.78 is 5.27. The number of ether oxygens (including phenoxy) is 1. The highest BCUT2D eigenvalue weighted by Gasteiger charge is 2.21. The molecular formula is C15H25N3O2. The van der Waals surface area contributed by atoms with Gasteiger partial charge in [-0.05, 0) is 32.4 Å². The maximum atomic E-state index is 11.9. The van der Waals surface area contributed by atoms with Gasteiger partial charge in [0.15, 0.2) is 0 Å². The molecule has 1 atom stereocenters. The molecule has 1 amide bonds. The largest absolute Gasteiger partial charge is 0.444 e. The number of benzene rings is 1. The van der Waals surface area contributed by atoms with Crippen LogP contribution in [-0.4, -0.2) is 32.3 Å². The van der Waals surface area contributed by atoms with Crippen LogP contribution in [0.25, 0.3) is 0 Å². The predicted molar refractivity (Wildman–Crippen MR) is 81.9 cm³/mol. The number of rotatable bonds is 4. The van der Waals surface area contributed by atoms with E-state index in [1.54, 1.807) is 0 Å². The number of alkyl carbamates (subject to hydrolysis) is 1. The van der Waals surface area contributed by atoms with Gasteiger partial charge in [0.25, 0.3) is 0 Å². The Morgan fingerprint density at radius 2 is 1.95 bits per heavy atom. The normalized spacial score (nSPS) is 12.7. The summed E-state index contributed by atoms with van der Waals surface area (Å²) in [6.07, 6.45) is -0.457. The van der Waals surface area contributed by atoms with Crippen LogP contribution < -0.4 is 16.0 Å². The van der Waals surface area contributed by atoms with E-state index in [1.165, 1.54) is 0 Å². The summed E-state index contributed by atoms with van der Waals surface area (Å²) in [6, 6.07) is 7.57. The van der Waals surface area contributed by atoms with E-state index in [0.29, 0.717) is 6.54 Å². The molecule has 0 heterocycles. The topological polar surface area (TPSA) is 67.6 Å². The molecule has 112 valence electrons. The van der Waals surface area contributed by atoms with Crippen LogP contribution in [-0.2, 0) is 4.74 Å². The van der Waals surface area contributed by atoms with Gasteiger partial charge in [-0.1, -0.05) is 18.2 Å². The highest BCUT2D eigenvalue weighted by molar-refractivity contribution is 5.69.